The van der Waals surface area contributed by atoms with Crippen LogP contribution in [0.3, 0.4) is 0 Å². The van der Waals surface area contributed by atoms with Crippen LogP contribution >= 0.6 is 0 Å². The van der Waals surface area contributed by atoms with Gasteiger partial charge in [0.15, 0.2) is 0 Å². The summed E-state index contributed by atoms with van der Waals surface area (Å²) in [6.45, 7) is 5.36. The maximum atomic E-state index is 14.1. The van der Waals surface area contributed by atoms with E-state index < -0.39 is 22.7 Å². The predicted molar refractivity (Wildman–Crippen MR) is 70.9 cm³/mol. The van der Waals surface area contributed by atoms with E-state index in [1.807, 2.05) is 13.8 Å². The van der Waals surface area contributed by atoms with Gasteiger partial charge in [-0.1, -0.05) is 20.8 Å². The molecule has 1 heterocycles. The second-order valence-corrected chi connectivity index (χ2v) is 6.46. The van der Waals surface area contributed by atoms with Gasteiger partial charge in [0.2, 0.25) is 0 Å². The topological polar surface area (TPSA) is 99.6 Å². The largest absolute Gasteiger partial charge is 0.343 e. The molecule has 0 aromatic carbocycles. The van der Waals surface area contributed by atoms with Crippen molar-refractivity contribution in [1.82, 2.24) is 4.98 Å². The third-order valence-corrected chi connectivity index (χ3v) is 4.22. The van der Waals surface area contributed by atoms with Crippen LogP contribution in [0.1, 0.15) is 50.8 Å². The third kappa shape index (κ3) is 2.33. The average Bonchev–Trinajstić information content (AvgIpc) is 2.24. The summed E-state index contributed by atoms with van der Waals surface area (Å²) in [7, 11) is 0. The molecule has 1 aromatic rings. The van der Waals surface area contributed by atoms with E-state index in [9.17, 15) is 19.7 Å². The van der Waals surface area contributed by atoms with E-state index in [1.165, 1.54) is 13.0 Å². The predicted octanol–water partition coefficient (Wildman–Crippen LogP) is 0.929. The minimum absolute atomic E-state index is 0.0362. The number of aliphatic hydroxyl groups is 3. The minimum atomic E-state index is -2.83. The van der Waals surface area contributed by atoms with Gasteiger partial charge in [-0.05, 0) is 30.4 Å². The fourth-order valence-electron chi connectivity index (χ4n) is 2.88. The van der Waals surface area contributed by atoms with Gasteiger partial charge < -0.3 is 21.1 Å². The van der Waals surface area contributed by atoms with Crippen molar-refractivity contribution >= 4 is 0 Å². The first kappa shape index (κ1) is 15.3. The van der Waals surface area contributed by atoms with Crippen molar-refractivity contribution in [2.24, 2.45) is 11.1 Å². The first-order valence-corrected chi connectivity index (χ1v) is 6.60. The second kappa shape index (κ2) is 4.46. The molecule has 1 saturated carbocycles. The van der Waals surface area contributed by atoms with Gasteiger partial charge in [0.1, 0.15) is 5.82 Å². The Bertz CT molecular complexity index is 520. The van der Waals surface area contributed by atoms with Crippen LogP contribution in [0.25, 0.3) is 0 Å². The Balaban J connectivity index is 2.27. The van der Waals surface area contributed by atoms with Gasteiger partial charge in [-0.15, -0.1) is 0 Å². The number of pyridine rings is 1. The normalized spacial score (nSPS) is 30.4. The maximum Gasteiger partial charge on any atom is 0.281 e. The molecule has 1 aliphatic rings. The van der Waals surface area contributed by atoms with Crippen LogP contribution in [0.2, 0.25) is 0 Å². The van der Waals surface area contributed by atoms with Crippen LogP contribution in [0.5, 0.6) is 0 Å². The zero-order valence-corrected chi connectivity index (χ0v) is 11.9. The Morgan fingerprint density at radius 2 is 1.90 bits per heavy atom. The lowest BCUT2D eigenvalue weighted by atomic mass is 9.56. The van der Waals surface area contributed by atoms with Crippen LogP contribution in [0.4, 0.5) is 4.39 Å². The quantitative estimate of drug-likeness (QED) is 0.619. The Morgan fingerprint density at radius 1 is 1.35 bits per heavy atom. The fourth-order valence-corrected chi connectivity index (χ4v) is 2.88. The molecule has 0 unspecified atom stereocenters. The highest BCUT2D eigenvalue weighted by Crippen LogP contribution is 2.56. The Hall–Kier alpha value is -1.08. The molecule has 0 saturated heterocycles. The number of rotatable bonds is 3. The SMILES string of the molecule is CC(C)c1cnc(C2(N)CC(C)(C(O)(O)O)C2)c(F)c1. The summed E-state index contributed by atoms with van der Waals surface area (Å²) in [5.41, 5.74) is 4.69. The van der Waals surface area contributed by atoms with Gasteiger partial charge in [-0.25, -0.2) is 4.39 Å². The molecule has 0 amide bonds. The van der Waals surface area contributed by atoms with Crippen molar-refractivity contribution in [3.63, 3.8) is 0 Å². The number of hydrogen-bond acceptors (Lipinski definition) is 5. The summed E-state index contributed by atoms with van der Waals surface area (Å²) >= 11 is 0. The number of nitrogens with two attached hydrogens (primary N) is 1. The first-order valence-electron chi connectivity index (χ1n) is 6.60. The Morgan fingerprint density at radius 3 is 2.30 bits per heavy atom. The monoisotopic (exact) mass is 284 g/mol. The summed E-state index contributed by atoms with van der Waals surface area (Å²) in [5, 5.41) is 27.9. The van der Waals surface area contributed by atoms with E-state index >= 15 is 0 Å². The smallest absolute Gasteiger partial charge is 0.281 e. The Labute approximate surface area is 117 Å². The molecule has 0 radical (unpaired) electrons. The van der Waals surface area contributed by atoms with Gasteiger partial charge in [-0.3, -0.25) is 4.98 Å². The van der Waals surface area contributed by atoms with Crippen molar-refractivity contribution in [1.29, 1.82) is 0 Å². The van der Waals surface area contributed by atoms with Gasteiger partial charge in [0.05, 0.1) is 16.6 Å². The van der Waals surface area contributed by atoms with Crippen LogP contribution in [-0.4, -0.2) is 26.3 Å². The molecule has 2 rings (SSSR count). The second-order valence-electron chi connectivity index (χ2n) is 6.46. The van der Waals surface area contributed by atoms with Gasteiger partial charge in [0.25, 0.3) is 5.97 Å². The number of halogens is 1. The Kier molecular flexibility index (Phi) is 3.41. The highest BCUT2D eigenvalue weighted by molar-refractivity contribution is 5.28. The third-order valence-electron chi connectivity index (χ3n) is 4.22. The molecule has 5 N–H and O–H groups in total. The van der Waals surface area contributed by atoms with Crippen LogP contribution in [-0.2, 0) is 5.54 Å². The molecule has 0 spiro atoms. The molecule has 20 heavy (non-hydrogen) atoms. The lowest BCUT2D eigenvalue weighted by Gasteiger charge is -2.55. The van der Waals surface area contributed by atoms with Crippen LogP contribution in [0.15, 0.2) is 12.3 Å². The van der Waals surface area contributed by atoms with Crippen LogP contribution in [0, 0.1) is 11.2 Å². The molecular formula is C14H21FN2O3. The number of nitrogens with zero attached hydrogens (tertiary/aromatic N) is 1. The molecule has 5 nitrogen and oxygen atoms in total. The van der Waals surface area contributed by atoms with Crippen molar-refractivity contribution in [2.45, 2.75) is 51.0 Å². The van der Waals surface area contributed by atoms with Gasteiger partial charge >= 0.3 is 0 Å². The van der Waals surface area contributed by atoms with E-state index in [4.69, 9.17) is 5.73 Å². The lowest BCUT2D eigenvalue weighted by molar-refractivity contribution is -0.394. The summed E-state index contributed by atoms with van der Waals surface area (Å²) in [6.07, 6.45) is 1.65. The minimum Gasteiger partial charge on any atom is -0.343 e. The van der Waals surface area contributed by atoms with E-state index in [1.54, 1.807) is 6.20 Å². The zero-order chi connectivity index (χ0) is 15.3. The number of hydrogen-bond donors (Lipinski definition) is 4. The summed E-state index contributed by atoms with van der Waals surface area (Å²) < 4.78 is 14.1. The maximum absolute atomic E-state index is 14.1. The standard InChI is InChI=1S/C14H21FN2O3/c1-8(2)9-4-10(15)11(17-5-9)13(16)6-12(3,7-13)14(18,19)20/h4-5,8,18-20H,6-7,16H2,1-3H3. The first-order chi connectivity index (χ1) is 8.98. The summed E-state index contributed by atoms with van der Waals surface area (Å²) in [4.78, 5) is 4.10. The fraction of sp³-hybridized carbons (Fsp3) is 0.643. The molecule has 6 heteroatoms. The van der Waals surface area contributed by atoms with Crippen molar-refractivity contribution in [3.8, 4) is 0 Å². The molecule has 0 aliphatic heterocycles. The van der Waals surface area contributed by atoms with Gasteiger partial charge in [0, 0.05) is 6.20 Å². The lowest BCUT2D eigenvalue weighted by Crippen LogP contribution is -2.64. The van der Waals surface area contributed by atoms with E-state index in [2.05, 4.69) is 4.98 Å². The number of aromatic nitrogens is 1. The molecule has 1 aromatic heterocycles. The molecule has 1 fully saturated rings. The highest BCUT2D eigenvalue weighted by atomic mass is 19.1. The van der Waals surface area contributed by atoms with E-state index in [-0.39, 0.29) is 24.5 Å². The average molecular weight is 284 g/mol. The van der Waals surface area contributed by atoms with Crippen molar-refractivity contribution < 1.29 is 19.7 Å². The van der Waals surface area contributed by atoms with Crippen molar-refractivity contribution in [3.05, 3.63) is 29.3 Å². The van der Waals surface area contributed by atoms with Crippen molar-refractivity contribution in [2.75, 3.05) is 0 Å². The molecular weight excluding hydrogens is 263 g/mol. The van der Waals surface area contributed by atoms with E-state index in [0.717, 1.165) is 5.56 Å². The molecule has 0 atom stereocenters. The summed E-state index contributed by atoms with van der Waals surface area (Å²) in [5.74, 6) is -3.17. The highest BCUT2D eigenvalue weighted by Gasteiger charge is 2.61. The molecule has 0 bridgehead atoms. The van der Waals surface area contributed by atoms with Gasteiger partial charge in [-0.2, -0.15) is 0 Å². The van der Waals surface area contributed by atoms with Crippen LogP contribution < -0.4 is 5.73 Å². The van der Waals surface area contributed by atoms with E-state index in [0.29, 0.717) is 0 Å². The zero-order valence-electron chi connectivity index (χ0n) is 11.9. The molecule has 112 valence electrons. The molecule has 1 aliphatic carbocycles. The summed E-state index contributed by atoms with van der Waals surface area (Å²) in [6, 6.07) is 1.40.